The number of aryl methyl sites for hydroxylation is 1. The lowest BCUT2D eigenvalue weighted by Crippen LogP contribution is -2.20. The van der Waals surface area contributed by atoms with Gasteiger partial charge in [0.05, 0.1) is 13.7 Å². The van der Waals surface area contributed by atoms with Gasteiger partial charge in [0.15, 0.2) is 0 Å². The molecule has 4 heteroatoms. The van der Waals surface area contributed by atoms with Crippen molar-refractivity contribution >= 4 is 0 Å². The Morgan fingerprint density at radius 2 is 2.00 bits per heavy atom. The van der Waals surface area contributed by atoms with Crippen molar-refractivity contribution in [3.8, 4) is 11.5 Å². The molecule has 0 spiro atoms. The smallest absolute Gasteiger partial charge is 0.123 e. The fourth-order valence-corrected chi connectivity index (χ4v) is 1.72. The lowest BCUT2D eigenvalue weighted by Gasteiger charge is -2.08. The first-order chi connectivity index (χ1) is 9.28. The van der Waals surface area contributed by atoms with Gasteiger partial charge in [-0.15, -0.1) is 0 Å². The molecule has 1 aromatic heterocycles. The van der Waals surface area contributed by atoms with Crippen molar-refractivity contribution in [2.45, 2.75) is 13.5 Å². The van der Waals surface area contributed by atoms with Gasteiger partial charge in [0.2, 0.25) is 0 Å². The van der Waals surface area contributed by atoms with E-state index in [9.17, 15) is 0 Å². The van der Waals surface area contributed by atoms with Crippen LogP contribution in [0.25, 0.3) is 0 Å². The maximum Gasteiger partial charge on any atom is 0.123 e. The lowest BCUT2D eigenvalue weighted by molar-refractivity contribution is 0.308. The monoisotopic (exact) mass is 261 g/mol. The quantitative estimate of drug-likeness (QED) is 0.778. The van der Waals surface area contributed by atoms with Gasteiger partial charge in [0.1, 0.15) is 29.6 Å². The van der Waals surface area contributed by atoms with Crippen LogP contribution < -0.4 is 14.8 Å². The van der Waals surface area contributed by atoms with Crippen LogP contribution in [0.15, 0.2) is 40.8 Å². The number of methoxy groups -OCH3 is 1. The van der Waals surface area contributed by atoms with Crippen LogP contribution in [0.4, 0.5) is 0 Å². The molecule has 0 aliphatic rings. The van der Waals surface area contributed by atoms with Crippen LogP contribution in [0.2, 0.25) is 0 Å². The molecule has 0 bridgehead atoms. The van der Waals surface area contributed by atoms with E-state index >= 15 is 0 Å². The predicted octanol–water partition coefficient (Wildman–Crippen LogP) is 2.77. The molecular weight excluding hydrogens is 242 g/mol. The molecule has 19 heavy (non-hydrogen) atoms. The molecule has 1 aromatic carbocycles. The largest absolute Gasteiger partial charge is 0.497 e. The molecule has 0 aliphatic carbocycles. The average molecular weight is 261 g/mol. The molecule has 0 aliphatic heterocycles. The summed E-state index contributed by atoms with van der Waals surface area (Å²) in [6.07, 6.45) is 0. The zero-order valence-corrected chi connectivity index (χ0v) is 11.3. The molecule has 0 saturated heterocycles. The number of benzene rings is 1. The maximum absolute atomic E-state index is 5.62. The molecule has 102 valence electrons. The molecule has 0 unspecified atom stereocenters. The minimum Gasteiger partial charge on any atom is -0.497 e. The van der Waals surface area contributed by atoms with Gasteiger partial charge in [-0.05, 0) is 31.2 Å². The SMILES string of the molecule is COc1cccc(OCCNCc2ccc(C)o2)c1. The van der Waals surface area contributed by atoms with Gasteiger partial charge in [-0.1, -0.05) is 6.07 Å². The van der Waals surface area contributed by atoms with E-state index in [2.05, 4.69) is 5.32 Å². The van der Waals surface area contributed by atoms with Crippen molar-refractivity contribution in [2.75, 3.05) is 20.3 Å². The number of ether oxygens (including phenoxy) is 2. The van der Waals surface area contributed by atoms with Gasteiger partial charge in [-0.2, -0.15) is 0 Å². The first kappa shape index (κ1) is 13.5. The minimum absolute atomic E-state index is 0.604. The second-order valence-electron chi connectivity index (χ2n) is 4.22. The van der Waals surface area contributed by atoms with E-state index < -0.39 is 0 Å². The third-order valence-electron chi connectivity index (χ3n) is 2.68. The zero-order valence-electron chi connectivity index (χ0n) is 11.3. The van der Waals surface area contributed by atoms with Crippen LogP contribution >= 0.6 is 0 Å². The highest BCUT2D eigenvalue weighted by Crippen LogP contribution is 2.18. The lowest BCUT2D eigenvalue weighted by atomic mass is 10.3. The third kappa shape index (κ3) is 4.34. The fourth-order valence-electron chi connectivity index (χ4n) is 1.72. The van der Waals surface area contributed by atoms with Gasteiger partial charge < -0.3 is 19.2 Å². The minimum atomic E-state index is 0.604. The Labute approximate surface area is 113 Å². The highest BCUT2D eigenvalue weighted by molar-refractivity contribution is 5.32. The van der Waals surface area contributed by atoms with Gasteiger partial charge in [-0.3, -0.25) is 0 Å². The van der Waals surface area contributed by atoms with Crippen LogP contribution in [0.5, 0.6) is 11.5 Å². The Kier molecular flexibility index (Phi) is 4.86. The standard InChI is InChI=1S/C15H19NO3/c1-12-6-7-15(19-12)11-16-8-9-18-14-5-3-4-13(10-14)17-2/h3-7,10,16H,8-9,11H2,1-2H3. The van der Waals surface area contributed by atoms with E-state index in [1.54, 1.807) is 7.11 Å². The van der Waals surface area contributed by atoms with Crippen LogP contribution in [0.1, 0.15) is 11.5 Å². The molecular formula is C15H19NO3. The summed E-state index contributed by atoms with van der Waals surface area (Å²) < 4.78 is 16.2. The van der Waals surface area contributed by atoms with Crippen molar-refractivity contribution in [1.29, 1.82) is 0 Å². The second-order valence-corrected chi connectivity index (χ2v) is 4.22. The van der Waals surface area contributed by atoms with E-state index in [0.717, 1.165) is 36.1 Å². The second kappa shape index (κ2) is 6.85. The Morgan fingerprint density at radius 3 is 2.74 bits per heavy atom. The van der Waals surface area contributed by atoms with E-state index in [0.29, 0.717) is 6.61 Å². The van der Waals surface area contributed by atoms with Crippen LogP contribution in [0, 0.1) is 6.92 Å². The van der Waals surface area contributed by atoms with Crippen LogP contribution in [-0.2, 0) is 6.54 Å². The molecule has 0 fully saturated rings. The molecule has 0 amide bonds. The topological polar surface area (TPSA) is 43.6 Å². The van der Waals surface area contributed by atoms with Crippen molar-refractivity contribution < 1.29 is 13.9 Å². The van der Waals surface area contributed by atoms with Crippen molar-refractivity contribution in [1.82, 2.24) is 5.32 Å². The molecule has 0 saturated carbocycles. The molecule has 2 aromatic rings. The number of furan rings is 1. The summed E-state index contributed by atoms with van der Waals surface area (Å²) in [4.78, 5) is 0. The van der Waals surface area contributed by atoms with Gasteiger partial charge in [-0.25, -0.2) is 0 Å². The molecule has 2 rings (SSSR count). The number of hydrogen-bond donors (Lipinski definition) is 1. The molecule has 1 heterocycles. The normalized spacial score (nSPS) is 10.4. The summed E-state index contributed by atoms with van der Waals surface area (Å²) in [7, 11) is 1.64. The summed E-state index contributed by atoms with van der Waals surface area (Å²) in [6.45, 7) is 4.02. The zero-order chi connectivity index (χ0) is 13.5. The van der Waals surface area contributed by atoms with E-state index in [1.807, 2.05) is 43.3 Å². The first-order valence-electron chi connectivity index (χ1n) is 6.31. The average Bonchev–Trinajstić information content (AvgIpc) is 2.84. The predicted molar refractivity (Wildman–Crippen MR) is 73.6 cm³/mol. The summed E-state index contributed by atoms with van der Waals surface area (Å²) in [5.41, 5.74) is 0. The number of hydrogen-bond acceptors (Lipinski definition) is 4. The summed E-state index contributed by atoms with van der Waals surface area (Å²) >= 11 is 0. The van der Waals surface area contributed by atoms with Crippen molar-refractivity contribution in [2.24, 2.45) is 0 Å². The Bertz CT molecular complexity index is 508. The Balaban J connectivity index is 1.66. The number of rotatable bonds is 7. The molecule has 0 atom stereocenters. The van der Waals surface area contributed by atoms with Crippen LogP contribution in [0.3, 0.4) is 0 Å². The van der Waals surface area contributed by atoms with E-state index in [4.69, 9.17) is 13.9 Å². The van der Waals surface area contributed by atoms with E-state index in [-0.39, 0.29) is 0 Å². The third-order valence-corrected chi connectivity index (χ3v) is 2.68. The summed E-state index contributed by atoms with van der Waals surface area (Å²) in [5.74, 6) is 3.50. The summed E-state index contributed by atoms with van der Waals surface area (Å²) in [6, 6.07) is 11.5. The number of nitrogens with one attached hydrogen (secondary N) is 1. The van der Waals surface area contributed by atoms with Crippen molar-refractivity contribution in [3.05, 3.63) is 47.9 Å². The summed E-state index contributed by atoms with van der Waals surface area (Å²) in [5, 5.41) is 3.26. The maximum atomic E-state index is 5.62. The Morgan fingerprint density at radius 1 is 1.16 bits per heavy atom. The molecule has 4 nitrogen and oxygen atoms in total. The van der Waals surface area contributed by atoms with Crippen LogP contribution in [-0.4, -0.2) is 20.3 Å². The Hall–Kier alpha value is -1.94. The van der Waals surface area contributed by atoms with Gasteiger partial charge in [0.25, 0.3) is 0 Å². The first-order valence-corrected chi connectivity index (χ1v) is 6.31. The van der Waals surface area contributed by atoms with Crippen molar-refractivity contribution in [3.63, 3.8) is 0 Å². The van der Waals surface area contributed by atoms with Gasteiger partial charge in [0, 0.05) is 12.6 Å². The van der Waals surface area contributed by atoms with Gasteiger partial charge >= 0.3 is 0 Å². The highest BCUT2D eigenvalue weighted by atomic mass is 16.5. The highest BCUT2D eigenvalue weighted by Gasteiger charge is 1.99. The fraction of sp³-hybridized carbons (Fsp3) is 0.333. The molecule has 0 radical (unpaired) electrons. The molecule has 1 N–H and O–H groups in total. The van der Waals surface area contributed by atoms with E-state index in [1.165, 1.54) is 0 Å².